The number of pyridine rings is 1. The number of carbonyl (C=O) groups is 1. The number of rotatable bonds is 7. The zero-order valence-corrected chi connectivity index (χ0v) is 16.3. The molecule has 3 rings (SSSR count). The Bertz CT molecular complexity index is 935. The maximum absolute atomic E-state index is 12.6. The van der Waals surface area contributed by atoms with Crippen molar-refractivity contribution in [3.05, 3.63) is 71.3 Å². The van der Waals surface area contributed by atoms with Crippen LogP contribution in [0, 0.1) is 0 Å². The molecule has 144 valence electrons. The molecule has 1 N–H and O–H groups in total. The zero-order chi connectivity index (χ0) is 19.9. The monoisotopic (exact) mass is 397 g/mol. The molecule has 0 bridgehead atoms. The highest BCUT2D eigenvalue weighted by Crippen LogP contribution is 2.29. The number of hydrogen-bond acceptors (Lipinski definition) is 6. The number of benzene rings is 1. The van der Waals surface area contributed by atoms with Crippen molar-refractivity contribution >= 4 is 29.1 Å². The summed E-state index contributed by atoms with van der Waals surface area (Å²) < 4.78 is 5.29. The maximum atomic E-state index is 12.6. The van der Waals surface area contributed by atoms with Gasteiger partial charge in [-0.3, -0.25) is 9.78 Å². The van der Waals surface area contributed by atoms with E-state index in [2.05, 4.69) is 20.3 Å². The Balaban J connectivity index is 1.63. The third kappa shape index (κ3) is 4.95. The van der Waals surface area contributed by atoms with Crippen LogP contribution in [0.4, 0.5) is 11.6 Å². The minimum absolute atomic E-state index is 0.138. The van der Waals surface area contributed by atoms with Gasteiger partial charge in [-0.2, -0.15) is 0 Å². The second-order valence-electron chi connectivity index (χ2n) is 6.10. The number of amides is 1. The van der Waals surface area contributed by atoms with Crippen molar-refractivity contribution in [1.29, 1.82) is 0 Å². The first-order valence-corrected chi connectivity index (χ1v) is 9.01. The number of aromatic nitrogens is 3. The molecule has 0 atom stereocenters. The molecule has 0 aliphatic heterocycles. The molecule has 0 radical (unpaired) electrons. The molecule has 28 heavy (non-hydrogen) atoms. The number of halogens is 1. The van der Waals surface area contributed by atoms with Crippen LogP contribution in [0.3, 0.4) is 0 Å². The number of methoxy groups -OCH3 is 1. The Morgan fingerprint density at radius 1 is 1.18 bits per heavy atom. The summed E-state index contributed by atoms with van der Waals surface area (Å²) in [6.07, 6.45) is 7.23. The fraction of sp³-hybridized carbons (Fsp3) is 0.200. The molecule has 0 saturated carbocycles. The summed E-state index contributed by atoms with van der Waals surface area (Å²) in [5, 5.41) is 3.60. The summed E-state index contributed by atoms with van der Waals surface area (Å²) in [5.74, 6) is 0.821. The maximum Gasteiger partial charge on any atom is 0.256 e. The van der Waals surface area contributed by atoms with Crippen LogP contribution in [0.25, 0.3) is 0 Å². The van der Waals surface area contributed by atoms with Gasteiger partial charge in [0.2, 0.25) is 5.95 Å². The molecule has 0 unspecified atom stereocenters. The summed E-state index contributed by atoms with van der Waals surface area (Å²) >= 11 is 6.03. The zero-order valence-electron chi connectivity index (χ0n) is 15.6. The van der Waals surface area contributed by atoms with Crippen LogP contribution in [-0.2, 0) is 6.42 Å². The highest BCUT2D eigenvalue weighted by molar-refractivity contribution is 6.31. The minimum atomic E-state index is -0.138. The topological polar surface area (TPSA) is 80.2 Å². The second-order valence-corrected chi connectivity index (χ2v) is 6.53. The average Bonchev–Trinajstić information content (AvgIpc) is 2.73. The lowest BCUT2D eigenvalue weighted by atomic mass is 10.2. The smallest absolute Gasteiger partial charge is 0.256 e. The first-order chi connectivity index (χ1) is 13.6. The number of ether oxygens (including phenoxy) is 1. The van der Waals surface area contributed by atoms with Crippen molar-refractivity contribution in [3.63, 3.8) is 0 Å². The number of likely N-dealkylation sites (N-methyl/N-ethyl adjacent to an activating group) is 1. The minimum Gasteiger partial charge on any atom is -0.495 e. The predicted molar refractivity (Wildman–Crippen MR) is 108 cm³/mol. The van der Waals surface area contributed by atoms with Crippen LogP contribution < -0.4 is 10.1 Å². The Hall–Kier alpha value is -3.19. The normalized spacial score (nSPS) is 10.4. The molecule has 2 aromatic heterocycles. The standard InChI is InChI=1S/C20H20ClN5O2/c1-26(10-7-14-5-8-22-9-6-14)19(27)15-12-23-20(24-13-15)25-17-11-16(21)3-4-18(17)28-2/h3-6,8-9,11-13H,7,10H2,1-2H3,(H,23,24,25). The molecular formula is C20H20ClN5O2. The van der Waals surface area contributed by atoms with Gasteiger partial charge in [0.25, 0.3) is 5.91 Å². The van der Waals surface area contributed by atoms with E-state index in [0.29, 0.717) is 34.5 Å². The van der Waals surface area contributed by atoms with Crippen molar-refractivity contribution in [2.45, 2.75) is 6.42 Å². The summed E-state index contributed by atoms with van der Waals surface area (Å²) in [5.41, 5.74) is 2.19. The summed E-state index contributed by atoms with van der Waals surface area (Å²) in [6.45, 7) is 0.586. The van der Waals surface area contributed by atoms with E-state index in [-0.39, 0.29) is 5.91 Å². The molecule has 8 heteroatoms. The molecule has 1 aromatic carbocycles. The molecule has 3 aromatic rings. The van der Waals surface area contributed by atoms with Crippen LogP contribution in [0.2, 0.25) is 5.02 Å². The molecule has 1 amide bonds. The second kappa shape index (κ2) is 9.14. The lowest BCUT2D eigenvalue weighted by Crippen LogP contribution is -2.29. The van der Waals surface area contributed by atoms with Gasteiger partial charge in [0.05, 0.1) is 18.4 Å². The molecule has 0 fully saturated rings. The Kier molecular flexibility index (Phi) is 6.39. The van der Waals surface area contributed by atoms with Gasteiger partial charge >= 0.3 is 0 Å². The van der Waals surface area contributed by atoms with Crippen LogP contribution in [0.15, 0.2) is 55.1 Å². The molecule has 0 spiro atoms. The molecular weight excluding hydrogens is 378 g/mol. The van der Waals surface area contributed by atoms with Gasteiger partial charge in [-0.25, -0.2) is 9.97 Å². The number of nitrogens with one attached hydrogen (secondary N) is 1. The van der Waals surface area contributed by atoms with Crippen molar-refractivity contribution in [1.82, 2.24) is 19.9 Å². The average molecular weight is 398 g/mol. The number of hydrogen-bond donors (Lipinski definition) is 1. The van der Waals surface area contributed by atoms with Crippen LogP contribution in [0.1, 0.15) is 15.9 Å². The predicted octanol–water partition coefficient (Wildman–Crippen LogP) is 3.59. The van der Waals surface area contributed by atoms with E-state index >= 15 is 0 Å². The molecule has 7 nitrogen and oxygen atoms in total. The number of carbonyl (C=O) groups excluding carboxylic acids is 1. The highest BCUT2D eigenvalue weighted by atomic mass is 35.5. The first-order valence-electron chi connectivity index (χ1n) is 8.64. The Morgan fingerprint density at radius 3 is 2.57 bits per heavy atom. The molecule has 0 aliphatic rings. The fourth-order valence-corrected chi connectivity index (χ4v) is 2.74. The van der Waals surface area contributed by atoms with Crippen molar-refractivity contribution < 1.29 is 9.53 Å². The van der Waals surface area contributed by atoms with Gasteiger partial charge in [0.1, 0.15) is 5.75 Å². The Morgan fingerprint density at radius 2 is 1.89 bits per heavy atom. The third-order valence-corrected chi connectivity index (χ3v) is 4.37. The fourth-order valence-electron chi connectivity index (χ4n) is 2.57. The van der Waals surface area contributed by atoms with Gasteiger partial charge in [-0.1, -0.05) is 11.6 Å². The summed E-state index contributed by atoms with van der Waals surface area (Å²) in [4.78, 5) is 26.6. The van der Waals surface area contributed by atoms with Crippen molar-refractivity contribution in [2.24, 2.45) is 0 Å². The number of nitrogens with zero attached hydrogens (tertiary/aromatic N) is 4. The van der Waals surface area contributed by atoms with Crippen molar-refractivity contribution in [3.8, 4) is 5.75 Å². The van der Waals surface area contributed by atoms with Gasteiger partial charge in [0, 0.05) is 43.4 Å². The van der Waals surface area contributed by atoms with Crippen LogP contribution in [-0.4, -0.2) is 46.5 Å². The van der Waals surface area contributed by atoms with Crippen molar-refractivity contribution in [2.75, 3.05) is 26.0 Å². The quantitative estimate of drug-likeness (QED) is 0.656. The molecule has 0 aliphatic carbocycles. The van der Waals surface area contributed by atoms with Crippen LogP contribution in [0.5, 0.6) is 5.75 Å². The first kappa shape index (κ1) is 19.6. The highest BCUT2D eigenvalue weighted by Gasteiger charge is 2.13. The van der Waals surface area contributed by atoms with Gasteiger partial charge < -0.3 is 15.0 Å². The van der Waals surface area contributed by atoms with E-state index in [1.54, 1.807) is 49.7 Å². The third-order valence-electron chi connectivity index (χ3n) is 4.14. The molecule has 2 heterocycles. The van der Waals surface area contributed by atoms with E-state index in [0.717, 1.165) is 12.0 Å². The van der Waals surface area contributed by atoms with E-state index < -0.39 is 0 Å². The molecule has 0 saturated heterocycles. The van der Waals surface area contributed by atoms with E-state index in [1.807, 2.05) is 12.1 Å². The largest absolute Gasteiger partial charge is 0.495 e. The lowest BCUT2D eigenvalue weighted by molar-refractivity contribution is 0.0796. The lowest BCUT2D eigenvalue weighted by Gasteiger charge is -2.17. The SMILES string of the molecule is COc1ccc(Cl)cc1Nc1ncc(C(=O)N(C)CCc2ccncc2)cn1. The van der Waals surface area contributed by atoms with Gasteiger partial charge in [-0.05, 0) is 42.3 Å². The van der Waals surface area contributed by atoms with E-state index in [4.69, 9.17) is 16.3 Å². The summed E-state index contributed by atoms with van der Waals surface area (Å²) in [7, 11) is 3.32. The van der Waals surface area contributed by atoms with Gasteiger partial charge in [0.15, 0.2) is 0 Å². The van der Waals surface area contributed by atoms with Crippen LogP contribution >= 0.6 is 11.6 Å². The van der Waals surface area contributed by atoms with E-state index in [1.165, 1.54) is 12.4 Å². The summed E-state index contributed by atoms with van der Waals surface area (Å²) in [6, 6.07) is 9.07. The van der Waals surface area contributed by atoms with E-state index in [9.17, 15) is 4.79 Å². The Labute approximate surface area is 168 Å². The number of anilines is 2. The van der Waals surface area contributed by atoms with Gasteiger partial charge in [-0.15, -0.1) is 0 Å².